The number of rotatable bonds is 1. The van der Waals surface area contributed by atoms with Gasteiger partial charge in [0.05, 0.1) is 18.3 Å². The molecule has 0 aromatic heterocycles. The van der Waals surface area contributed by atoms with Crippen LogP contribution in [0, 0.1) is 6.92 Å². The van der Waals surface area contributed by atoms with Crippen molar-refractivity contribution in [2.24, 2.45) is 0 Å². The fraction of sp³-hybridized carbons (Fsp3) is 0.462. The van der Waals surface area contributed by atoms with Crippen molar-refractivity contribution in [1.82, 2.24) is 4.90 Å². The van der Waals surface area contributed by atoms with Crippen LogP contribution < -0.4 is 0 Å². The molecule has 1 heterocycles. The van der Waals surface area contributed by atoms with Gasteiger partial charge in [-0.2, -0.15) is 0 Å². The quantitative estimate of drug-likeness (QED) is 0.797. The molecule has 1 saturated heterocycles. The second-order valence-corrected chi connectivity index (χ2v) is 5.27. The van der Waals surface area contributed by atoms with Gasteiger partial charge in [-0.3, -0.25) is 4.79 Å². The molecule has 0 unspecified atom stereocenters. The number of hydrogen-bond donors (Lipinski definition) is 0. The van der Waals surface area contributed by atoms with Gasteiger partial charge in [0.1, 0.15) is 0 Å². The molecule has 0 aliphatic carbocycles. The van der Waals surface area contributed by atoms with E-state index in [0.29, 0.717) is 19.7 Å². The highest BCUT2D eigenvalue weighted by Gasteiger charge is 2.23. The number of halogens is 1. The lowest BCUT2D eigenvalue weighted by molar-refractivity contribution is -0.0124. The van der Waals surface area contributed by atoms with Crippen LogP contribution in [0.1, 0.15) is 22.8 Å². The highest BCUT2D eigenvalue weighted by molar-refractivity contribution is 9.10. The molecule has 3 nitrogen and oxygen atoms in total. The molecular weight excluding hydrogens is 282 g/mol. The molecule has 2 rings (SSSR count). The van der Waals surface area contributed by atoms with Crippen molar-refractivity contribution >= 4 is 21.8 Å². The van der Waals surface area contributed by atoms with Crippen LogP contribution in [-0.4, -0.2) is 36.6 Å². The van der Waals surface area contributed by atoms with Crippen molar-refractivity contribution in [2.75, 3.05) is 19.7 Å². The van der Waals surface area contributed by atoms with Gasteiger partial charge in [0, 0.05) is 17.6 Å². The van der Waals surface area contributed by atoms with Crippen LogP contribution in [0.5, 0.6) is 0 Å². The Kier molecular flexibility index (Phi) is 3.84. The van der Waals surface area contributed by atoms with E-state index in [9.17, 15) is 4.79 Å². The zero-order valence-electron chi connectivity index (χ0n) is 10.1. The summed E-state index contributed by atoms with van der Waals surface area (Å²) in [4.78, 5) is 14.2. The lowest BCUT2D eigenvalue weighted by Crippen LogP contribution is -2.44. The number of aryl methyl sites for hydroxylation is 1. The monoisotopic (exact) mass is 297 g/mol. The van der Waals surface area contributed by atoms with E-state index in [4.69, 9.17) is 4.74 Å². The van der Waals surface area contributed by atoms with E-state index >= 15 is 0 Å². The van der Waals surface area contributed by atoms with E-state index in [1.54, 1.807) is 0 Å². The summed E-state index contributed by atoms with van der Waals surface area (Å²) in [5.74, 6) is 0.0759. The Morgan fingerprint density at radius 1 is 1.53 bits per heavy atom. The number of hydrogen-bond acceptors (Lipinski definition) is 2. The molecule has 4 heteroatoms. The molecule has 1 aromatic rings. The molecule has 0 spiro atoms. The van der Waals surface area contributed by atoms with Crippen LogP contribution in [0.25, 0.3) is 0 Å². The largest absolute Gasteiger partial charge is 0.375 e. The third-order valence-corrected chi connectivity index (χ3v) is 3.54. The normalized spacial score (nSPS) is 20.4. The van der Waals surface area contributed by atoms with Gasteiger partial charge < -0.3 is 9.64 Å². The predicted molar refractivity (Wildman–Crippen MR) is 70.2 cm³/mol. The van der Waals surface area contributed by atoms with Gasteiger partial charge in [0.2, 0.25) is 0 Å². The van der Waals surface area contributed by atoms with E-state index in [0.717, 1.165) is 15.6 Å². The lowest BCUT2D eigenvalue weighted by Gasteiger charge is -2.31. The first-order chi connectivity index (χ1) is 8.08. The van der Waals surface area contributed by atoms with Crippen LogP contribution in [0.4, 0.5) is 0 Å². The minimum Gasteiger partial charge on any atom is -0.375 e. The second kappa shape index (κ2) is 5.19. The van der Waals surface area contributed by atoms with Crippen LogP contribution in [0.15, 0.2) is 22.7 Å². The number of carbonyl (C=O) groups excluding carboxylic acids is 1. The molecule has 1 atom stereocenters. The number of carbonyl (C=O) groups is 1. The molecule has 1 fully saturated rings. The first kappa shape index (κ1) is 12.6. The summed E-state index contributed by atoms with van der Waals surface area (Å²) in [7, 11) is 0. The molecule has 1 aliphatic rings. The van der Waals surface area contributed by atoms with Crippen molar-refractivity contribution in [3.8, 4) is 0 Å². The maximum Gasteiger partial charge on any atom is 0.255 e. The Balaban J connectivity index is 2.18. The Morgan fingerprint density at radius 3 is 2.94 bits per heavy atom. The van der Waals surface area contributed by atoms with E-state index in [2.05, 4.69) is 15.9 Å². The minimum atomic E-state index is 0.0759. The lowest BCUT2D eigenvalue weighted by atomic mass is 10.1. The summed E-state index contributed by atoms with van der Waals surface area (Å²) >= 11 is 3.45. The van der Waals surface area contributed by atoms with E-state index < -0.39 is 0 Å². The number of nitrogens with zero attached hydrogens (tertiary/aromatic N) is 1. The zero-order chi connectivity index (χ0) is 12.4. The zero-order valence-corrected chi connectivity index (χ0v) is 11.7. The number of ether oxygens (including phenoxy) is 1. The average molecular weight is 298 g/mol. The van der Waals surface area contributed by atoms with E-state index in [1.165, 1.54) is 0 Å². The van der Waals surface area contributed by atoms with Gasteiger partial charge in [-0.05, 0) is 47.5 Å². The fourth-order valence-corrected chi connectivity index (χ4v) is 2.63. The number of benzene rings is 1. The van der Waals surface area contributed by atoms with Crippen LogP contribution >= 0.6 is 15.9 Å². The molecule has 1 aromatic carbocycles. The Morgan fingerprint density at radius 2 is 2.29 bits per heavy atom. The van der Waals surface area contributed by atoms with Crippen LogP contribution in [-0.2, 0) is 4.74 Å². The highest BCUT2D eigenvalue weighted by atomic mass is 79.9. The van der Waals surface area contributed by atoms with E-state index in [-0.39, 0.29) is 12.0 Å². The fourth-order valence-electron chi connectivity index (χ4n) is 1.97. The summed E-state index contributed by atoms with van der Waals surface area (Å²) in [6.45, 7) is 5.96. The predicted octanol–water partition coefficient (Wildman–Crippen LogP) is 2.62. The molecule has 1 aliphatic heterocycles. The average Bonchev–Trinajstić information content (AvgIpc) is 2.28. The summed E-state index contributed by atoms with van der Waals surface area (Å²) in [6, 6.07) is 5.81. The Bertz CT molecular complexity index is 433. The summed E-state index contributed by atoms with van der Waals surface area (Å²) < 4.78 is 6.30. The van der Waals surface area contributed by atoms with Crippen molar-refractivity contribution in [3.05, 3.63) is 33.8 Å². The van der Waals surface area contributed by atoms with Gasteiger partial charge in [-0.1, -0.05) is 6.07 Å². The van der Waals surface area contributed by atoms with E-state index in [1.807, 2.05) is 36.9 Å². The first-order valence-electron chi connectivity index (χ1n) is 5.75. The minimum absolute atomic E-state index is 0.0759. The van der Waals surface area contributed by atoms with Gasteiger partial charge in [-0.15, -0.1) is 0 Å². The van der Waals surface area contributed by atoms with Gasteiger partial charge >= 0.3 is 0 Å². The van der Waals surface area contributed by atoms with Crippen molar-refractivity contribution in [2.45, 2.75) is 20.0 Å². The molecule has 0 saturated carbocycles. The summed E-state index contributed by atoms with van der Waals surface area (Å²) in [5.41, 5.74) is 1.87. The first-order valence-corrected chi connectivity index (χ1v) is 6.54. The SMILES string of the molecule is Cc1ccc(C(=O)N2CCO[C@@H](C)C2)c(Br)c1. The third-order valence-electron chi connectivity index (χ3n) is 2.88. The second-order valence-electron chi connectivity index (χ2n) is 4.42. The smallest absolute Gasteiger partial charge is 0.255 e. The third kappa shape index (κ3) is 2.87. The number of morpholine rings is 1. The van der Waals surface area contributed by atoms with Crippen molar-refractivity contribution < 1.29 is 9.53 Å². The molecule has 0 N–H and O–H groups in total. The van der Waals surface area contributed by atoms with Crippen LogP contribution in [0.2, 0.25) is 0 Å². The highest BCUT2D eigenvalue weighted by Crippen LogP contribution is 2.21. The topological polar surface area (TPSA) is 29.5 Å². The summed E-state index contributed by atoms with van der Waals surface area (Å²) in [6.07, 6.45) is 0.122. The molecule has 92 valence electrons. The van der Waals surface area contributed by atoms with Crippen molar-refractivity contribution in [1.29, 1.82) is 0 Å². The number of amides is 1. The molecule has 1 amide bonds. The molecular formula is C13H16BrNO2. The molecule has 0 bridgehead atoms. The maximum atomic E-state index is 12.3. The molecule has 17 heavy (non-hydrogen) atoms. The Hall–Kier alpha value is -0.870. The van der Waals surface area contributed by atoms with Crippen molar-refractivity contribution in [3.63, 3.8) is 0 Å². The summed E-state index contributed by atoms with van der Waals surface area (Å²) in [5, 5.41) is 0. The Labute approximate surface area is 110 Å². The standard InChI is InChI=1S/C13H16BrNO2/c1-9-3-4-11(12(14)7-9)13(16)15-5-6-17-10(2)8-15/h3-4,7,10H,5-6,8H2,1-2H3/t10-/m0/s1. The van der Waals surface area contributed by atoms with Gasteiger partial charge in [0.15, 0.2) is 0 Å². The van der Waals surface area contributed by atoms with Crippen LogP contribution in [0.3, 0.4) is 0 Å². The maximum absolute atomic E-state index is 12.3. The molecule has 0 radical (unpaired) electrons. The van der Waals surface area contributed by atoms with Gasteiger partial charge in [0.25, 0.3) is 5.91 Å². The van der Waals surface area contributed by atoms with Gasteiger partial charge in [-0.25, -0.2) is 0 Å².